The first-order valence-corrected chi connectivity index (χ1v) is 7.40. The van der Waals surface area contributed by atoms with Crippen LogP contribution in [0.15, 0.2) is 18.2 Å². The molecular weight excluding hydrogens is 268 g/mol. The monoisotopic (exact) mass is 290 g/mol. The molecule has 0 saturated heterocycles. The van der Waals surface area contributed by atoms with E-state index in [9.17, 15) is 4.79 Å². The molecule has 0 aliphatic carbocycles. The van der Waals surface area contributed by atoms with Crippen molar-refractivity contribution in [2.75, 3.05) is 7.11 Å². The third kappa shape index (κ3) is 3.74. The number of aliphatic carboxylic acids is 1. The lowest BCUT2D eigenvalue weighted by Crippen LogP contribution is -2.04. The van der Waals surface area contributed by atoms with Crippen molar-refractivity contribution in [2.45, 2.75) is 45.6 Å². The molecule has 0 spiro atoms. The quantitative estimate of drug-likeness (QED) is 0.758. The van der Waals surface area contributed by atoms with Crippen molar-refractivity contribution >= 4 is 17.0 Å². The van der Waals surface area contributed by atoms with Crippen molar-refractivity contribution in [1.29, 1.82) is 0 Å². The smallest absolute Gasteiger partial charge is 0.303 e. The molecule has 5 nitrogen and oxygen atoms in total. The van der Waals surface area contributed by atoms with Crippen LogP contribution in [0.3, 0.4) is 0 Å². The lowest BCUT2D eigenvalue weighted by molar-refractivity contribution is -0.137. The summed E-state index contributed by atoms with van der Waals surface area (Å²) in [5.41, 5.74) is 2.06. The number of carboxylic acid groups (broad SMARTS) is 1. The molecule has 1 aromatic carbocycles. The third-order valence-corrected chi connectivity index (χ3v) is 3.52. The number of fused-ring (bicyclic) bond motifs is 1. The molecular formula is C16H22N2O3. The molecule has 0 aliphatic heterocycles. The Morgan fingerprint density at radius 2 is 2.19 bits per heavy atom. The van der Waals surface area contributed by atoms with Crippen LogP contribution in [0, 0.1) is 0 Å². The Hall–Kier alpha value is -2.04. The van der Waals surface area contributed by atoms with Crippen molar-refractivity contribution in [3.8, 4) is 5.75 Å². The van der Waals surface area contributed by atoms with Gasteiger partial charge in [0.1, 0.15) is 11.6 Å². The molecule has 0 saturated carbocycles. The second-order valence-electron chi connectivity index (χ2n) is 5.14. The molecule has 1 N–H and O–H groups in total. The van der Waals surface area contributed by atoms with E-state index in [1.165, 1.54) is 0 Å². The summed E-state index contributed by atoms with van der Waals surface area (Å²) in [5.74, 6) is 1.10. The van der Waals surface area contributed by atoms with Crippen molar-refractivity contribution in [1.82, 2.24) is 9.55 Å². The highest BCUT2D eigenvalue weighted by molar-refractivity contribution is 5.77. The molecule has 1 aromatic heterocycles. The van der Waals surface area contributed by atoms with Gasteiger partial charge in [0.15, 0.2) is 0 Å². The number of nitrogens with zero attached hydrogens (tertiary/aromatic N) is 2. The van der Waals surface area contributed by atoms with Crippen LogP contribution < -0.4 is 4.74 Å². The van der Waals surface area contributed by atoms with E-state index in [0.717, 1.165) is 48.4 Å². The average Bonchev–Trinajstić information content (AvgIpc) is 2.81. The Labute approximate surface area is 124 Å². The van der Waals surface area contributed by atoms with Gasteiger partial charge in [-0.3, -0.25) is 4.79 Å². The molecule has 0 aliphatic rings. The summed E-state index contributed by atoms with van der Waals surface area (Å²) in [7, 11) is 1.65. The molecule has 114 valence electrons. The lowest BCUT2D eigenvalue weighted by atomic mass is 10.2. The first-order chi connectivity index (χ1) is 10.2. The van der Waals surface area contributed by atoms with Gasteiger partial charge in [-0.25, -0.2) is 4.98 Å². The fourth-order valence-corrected chi connectivity index (χ4v) is 2.51. The number of carbonyl (C=O) groups is 1. The van der Waals surface area contributed by atoms with Crippen molar-refractivity contribution in [2.24, 2.45) is 0 Å². The number of unbranched alkanes of at least 4 members (excludes halogenated alkanes) is 1. The van der Waals surface area contributed by atoms with E-state index in [1.807, 2.05) is 18.2 Å². The number of aromatic nitrogens is 2. The molecule has 2 rings (SSSR count). The van der Waals surface area contributed by atoms with Gasteiger partial charge in [-0.05, 0) is 31.4 Å². The largest absolute Gasteiger partial charge is 0.497 e. The molecule has 2 aromatic rings. The van der Waals surface area contributed by atoms with Gasteiger partial charge in [0, 0.05) is 25.5 Å². The molecule has 1 heterocycles. The fraction of sp³-hybridized carbons (Fsp3) is 0.500. The zero-order valence-corrected chi connectivity index (χ0v) is 12.6. The van der Waals surface area contributed by atoms with E-state index in [-0.39, 0.29) is 6.42 Å². The summed E-state index contributed by atoms with van der Waals surface area (Å²) in [6.07, 6.45) is 3.61. The maximum atomic E-state index is 10.6. The van der Waals surface area contributed by atoms with Gasteiger partial charge in [0.05, 0.1) is 18.1 Å². The van der Waals surface area contributed by atoms with E-state index >= 15 is 0 Å². The first kappa shape index (κ1) is 15.4. The van der Waals surface area contributed by atoms with Gasteiger partial charge >= 0.3 is 5.97 Å². The molecule has 0 fully saturated rings. The van der Waals surface area contributed by atoms with Crippen LogP contribution in [-0.4, -0.2) is 27.7 Å². The van der Waals surface area contributed by atoms with Crippen LogP contribution in [-0.2, 0) is 17.8 Å². The second kappa shape index (κ2) is 7.11. The van der Waals surface area contributed by atoms with Gasteiger partial charge in [-0.2, -0.15) is 0 Å². The Balaban J connectivity index is 2.20. The van der Waals surface area contributed by atoms with Gasteiger partial charge in [-0.1, -0.05) is 6.92 Å². The number of hydrogen-bond donors (Lipinski definition) is 1. The summed E-state index contributed by atoms with van der Waals surface area (Å²) in [6.45, 7) is 3.07. The van der Waals surface area contributed by atoms with Gasteiger partial charge < -0.3 is 14.4 Å². The number of rotatable bonds is 8. The minimum atomic E-state index is -0.734. The highest BCUT2D eigenvalue weighted by Gasteiger charge is 2.11. The van der Waals surface area contributed by atoms with Crippen LogP contribution in [0.1, 0.15) is 38.4 Å². The first-order valence-electron chi connectivity index (χ1n) is 7.40. The molecule has 0 radical (unpaired) electrons. The van der Waals surface area contributed by atoms with E-state index < -0.39 is 5.97 Å². The highest BCUT2D eigenvalue weighted by Crippen LogP contribution is 2.23. The van der Waals surface area contributed by atoms with Crippen molar-refractivity contribution in [3.63, 3.8) is 0 Å². The van der Waals surface area contributed by atoms with Crippen LogP contribution >= 0.6 is 0 Å². The summed E-state index contributed by atoms with van der Waals surface area (Å²) in [6, 6.07) is 5.93. The lowest BCUT2D eigenvalue weighted by Gasteiger charge is -2.07. The van der Waals surface area contributed by atoms with E-state index in [4.69, 9.17) is 14.8 Å². The predicted octanol–water partition coefficient (Wildman–Crippen LogP) is 3.25. The SMILES string of the molecule is CCCn1c(CCCCC(=O)O)nc2cc(OC)ccc21. The van der Waals surface area contributed by atoms with E-state index in [2.05, 4.69) is 11.5 Å². The molecule has 0 bridgehead atoms. The number of benzene rings is 1. The Morgan fingerprint density at radius 3 is 2.86 bits per heavy atom. The number of hydrogen-bond acceptors (Lipinski definition) is 3. The minimum absolute atomic E-state index is 0.224. The molecule has 21 heavy (non-hydrogen) atoms. The van der Waals surface area contributed by atoms with Crippen molar-refractivity contribution < 1.29 is 14.6 Å². The zero-order valence-electron chi connectivity index (χ0n) is 12.6. The van der Waals surface area contributed by atoms with Gasteiger partial charge in [-0.15, -0.1) is 0 Å². The number of methoxy groups -OCH3 is 1. The number of aryl methyl sites for hydroxylation is 2. The molecule has 0 atom stereocenters. The number of imidazole rings is 1. The fourth-order valence-electron chi connectivity index (χ4n) is 2.51. The Bertz CT molecular complexity index is 619. The topological polar surface area (TPSA) is 64.4 Å². The number of carboxylic acids is 1. The third-order valence-electron chi connectivity index (χ3n) is 3.52. The zero-order chi connectivity index (χ0) is 15.2. The minimum Gasteiger partial charge on any atom is -0.497 e. The van der Waals surface area contributed by atoms with Crippen LogP contribution in [0.5, 0.6) is 5.75 Å². The standard InChI is InChI=1S/C16H22N2O3/c1-3-10-18-14-9-8-12(21-2)11-13(14)17-15(18)6-4-5-7-16(19)20/h8-9,11H,3-7,10H2,1-2H3,(H,19,20). The van der Waals surface area contributed by atoms with Gasteiger partial charge in [0.25, 0.3) is 0 Å². The normalized spacial score (nSPS) is 11.0. The average molecular weight is 290 g/mol. The molecule has 0 unspecified atom stereocenters. The summed E-state index contributed by atoms with van der Waals surface area (Å²) in [5, 5.41) is 8.69. The Morgan fingerprint density at radius 1 is 1.38 bits per heavy atom. The van der Waals surface area contributed by atoms with Crippen molar-refractivity contribution in [3.05, 3.63) is 24.0 Å². The molecule has 0 amide bonds. The summed E-state index contributed by atoms with van der Waals surface area (Å²) >= 11 is 0. The van der Waals surface area contributed by atoms with E-state index in [0.29, 0.717) is 6.42 Å². The predicted molar refractivity (Wildman–Crippen MR) is 81.8 cm³/mol. The van der Waals surface area contributed by atoms with Gasteiger partial charge in [0.2, 0.25) is 0 Å². The Kier molecular flexibility index (Phi) is 5.20. The highest BCUT2D eigenvalue weighted by atomic mass is 16.5. The van der Waals surface area contributed by atoms with Crippen LogP contribution in [0.2, 0.25) is 0 Å². The maximum Gasteiger partial charge on any atom is 0.303 e. The molecule has 5 heteroatoms. The van der Waals surface area contributed by atoms with Crippen LogP contribution in [0.25, 0.3) is 11.0 Å². The number of ether oxygens (including phenoxy) is 1. The van der Waals surface area contributed by atoms with E-state index in [1.54, 1.807) is 7.11 Å². The second-order valence-corrected chi connectivity index (χ2v) is 5.14. The maximum absolute atomic E-state index is 10.6. The van der Waals surface area contributed by atoms with Crippen LogP contribution in [0.4, 0.5) is 0 Å². The summed E-state index contributed by atoms with van der Waals surface area (Å²) in [4.78, 5) is 15.2. The summed E-state index contributed by atoms with van der Waals surface area (Å²) < 4.78 is 7.47.